The zero-order valence-electron chi connectivity index (χ0n) is 8.24. The second-order valence-corrected chi connectivity index (χ2v) is 3.66. The van der Waals surface area contributed by atoms with Gasteiger partial charge in [-0.25, -0.2) is 4.68 Å². The largest absolute Gasteiger partial charge is 0.381 e. The van der Waals surface area contributed by atoms with Gasteiger partial charge in [0, 0.05) is 13.1 Å². The molecule has 1 heterocycles. The summed E-state index contributed by atoms with van der Waals surface area (Å²) in [7, 11) is 0. The summed E-state index contributed by atoms with van der Waals surface area (Å²) in [6.45, 7) is 5.05. The third-order valence-corrected chi connectivity index (χ3v) is 2.51. The molecule has 0 aliphatic heterocycles. The molecule has 0 aliphatic rings. The average Bonchev–Trinajstić information content (AvgIpc) is 2.24. The highest BCUT2D eigenvalue weighted by atomic mass is 79.9. The Morgan fingerprint density at radius 3 is 3.07 bits per heavy atom. The second-order valence-electron chi connectivity index (χ2n) is 2.86. The number of allylic oxidation sites excluding steroid dienone is 1. The first-order valence-corrected chi connectivity index (χ1v) is 5.30. The van der Waals surface area contributed by atoms with E-state index in [1.54, 1.807) is 12.3 Å². The smallest absolute Gasteiger partial charge is 0.283 e. The van der Waals surface area contributed by atoms with Gasteiger partial charge in [0.05, 0.1) is 18.4 Å². The highest BCUT2D eigenvalue weighted by molar-refractivity contribution is 9.10. The van der Waals surface area contributed by atoms with Crippen LogP contribution in [0.4, 0.5) is 5.69 Å². The van der Waals surface area contributed by atoms with Gasteiger partial charge in [0.2, 0.25) is 0 Å². The Morgan fingerprint density at radius 2 is 2.47 bits per heavy atom. The number of hydrogen-bond donors (Lipinski definition) is 2. The predicted molar refractivity (Wildman–Crippen MR) is 63.9 cm³/mol. The number of hydrogen-bond acceptors (Lipinski definition) is 4. The van der Waals surface area contributed by atoms with Gasteiger partial charge in [-0.3, -0.25) is 4.79 Å². The van der Waals surface area contributed by atoms with Crippen molar-refractivity contribution in [2.75, 3.05) is 18.4 Å². The Labute approximate surface area is 96.1 Å². The topological polar surface area (TPSA) is 72.9 Å². The van der Waals surface area contributed by atoms with Crippen LogP contribution in [-0.4, -0.2) is 22.9 Å². The number of halogens is 1. The van der Waals surface area contributed by atoms with Crippen molar-refractivity contribution in [2.24, 2.45) is 5.73 Å². The van der Waals surface area contributed by atoms with Crippen molar-refractivity contribution in [3.8, 4) is 0 Å². The summed E-state index contributed by atoms with van der Waals surface area (Å²) in [5, 5.41) is 6.98. The van der Waals surface area contributed by atoms with Crippen molar-refractivity contribution in [1.29, 1.82) is 0 Å². The van der Waals surface area contributed by atoms with Gasteiger partial charge >= 0.3 is 0 Å². The highest BCUT2D eigenvalue weighted by Gasteiger charge is 2.06. The van der Waals surface area contributed by atoms with Crippen LogP contribution in [0.15, 0.2) is 28.1 Å². The number of nitrogens with two attached hydrogens (primary N) is 1. The van der Waals surface area contributed by atoms with Crippen LogP contribution in [0.5, 0.6) is 0 Å². The summed E-state index contributed by atoms with van der Waals surface area (Å²) in [5.74, 6) is 0. The Balaban J connectivity index is 2.99. The van der Waals surface area contributed by atoms with Gasteiger partial charge in [0.1, 0.15) is 4.47 Å². The molecule has 0 fully saturated rings. The molecule has 0 saturated heterocycles. The summed E-state index contributed by atoms with van der Waals surface area (Å²) in [6.07, 6.45) is 3.21. The lowest BCUT2D eigenvalue weighted by Gasteiger charge is -2.08. The number of rotatable bonds is 5. The van der Waals surface area contributed by atoms with E-state index in [1.807, 2.05) is 0 Å². The molecule has 0 saturated carbocycles. The maximum absolute atomic E-state index is 11.7. The Morgan fingerprint density at radius 1 is 1.73 bits per heavy atom. The average molecular weight is 273 g/mol. The maximum atomic E-state index is 11.7. The number of nitrogens with zero attached hydrogens (tertiary/aromatic N) is 2. The summed E-state index contributed by atoms with van der Waals surface area (Å²) >= 11 is 3.22. The van der Waals surface area contributed by atoms with Crippen LogP contribution in [-0.2, 0) is 6.54 Å². The lowest BCUT2D eigenvalue weighted by atomic mass is 10.4. The minimum atomic E-state index is -0.183. The molecule has 1 aromatic heterocycles. The van der Waals surface area contributed by atoms with E-state index >= 15 is 0 Å². The van der Waals surface area contributed by atoms with Crippen LogP contribution in [0.1, 0.15) is 0 Å². The first-order chi connectivity index (χ1) is 7.20. The lowest BCUT2D eigenvalue weighted by Crippen LogP contribution is -2.24. The lowest BCUT2D eigenvalue weighted by molar-refractivity contribution is 0.649. The summed E-state index contributed by atoms with van der Waals surface area (Å²) < 4.78 is 1.79. The number of anilines is 1. The SMILES string of the molecule is C=CCn1ncc(NCCN)c(Br)c1=O. The van der Waals surface area contributed by atoms with E-state index in [-0.39, 0.29) is 5.56 Å². The maximum Gasteiger partial charge on any atom is 0.283 e. The molecule has 0 bridgehead atoms. The molecule has 0 unspecified atom stereocenters. The van der Waals surface area contributed by atoms with Gasteiger partial charge < -0.3 is 11.1 Å². The van der Waals surface area contributed by atoms with Gasteiger partial charge in [-0.05, 0) is 15.9 Å². The fourth-order valence-electron chi connectivity index (χ4n) is 1.05. The molecule has 0 aliphatic carbocycles. The first kappa shape index (κ1) is 11.9. The van der Waals surface area contributed by atoms with Gasteiger partial charge in [0.25, 0.3) is 5.56 Å². The van der Waals surface area contributed by atoms with Gasteiger partial charge in [-0.2, -0.15) is 5.10 Å². The van der Waals surface area contributed by atoms with Crippen LogP contribution in [0.3, 0.4) is 0 Å². The predicted octanol–water partition coefficient (Wildman–Crippen LogP) is 0.562. The number of nitrogens with one attached hydrogen (secondary N) is 1. The Hall–Kier alpha value is -1.14. The van der Waals surface area contributed by atoms with Crippen molar-refractivity contribution >= 4 is 21.6 Å². The molecule has 82 valence electrons. The first-order valence-electron chi connectivity index (χ1n) is 4.51. The molecule has 0 atom stereocenters. The summed E-state index contributed by atoms with van der Waals surface area (Å²) in [5.41, 5.74) is 5.82. The summed E-state index contributed by atoms with van der Waals surface area (Å²) in [4.78, 5) is 11.7. The van der Waals surface area contributed by atoms with E-state index in [4.69, 9.17) is 5.73 Å². The van der Waals surface area contributed by atoms with E-state index in [9.17, 15) is 4.79 Å². The van der Waals surface area contributed by atoms with Crippen LogP contribution >= 0.6 is 15.9 Å². The van der Waals surface area contributed by atoms with Crippen LogP contribution in [0.2, 0.25) is 0 Å². The molecule has 15 heavy (non-hydrogen) atoms. The van der Waals surface area contributed by atoms with Gasteiger partial charge in [0.15, 0.2) is 0 Å². The van der Waals surface area contributed by atoms with Crippen LogP contribution in [0, 0.1) is 0 Å². The standard InChI is InChI=1S/C9H13BrN4O/c1-2-5-14-9(15)8(10)7(6-13-14)12-4-3-11/h2,6,12H,1,3-5,11H2. The molecule has 0 amide bonds. The van der Waals surface area contributed by atoms with Crippen molar-refractivity contribution < 1.29 is 0 Å². The monoisotopic (exact) mass is 272 g/mol. The van der Waals surface area contributed by atoms with Crippen molar-refractivity contribution in [3.05, 3.63) is 33.7 Å². The van der Waals surface area contributed by atoms with E-state index in [0.29, 0.717) is 29.8 Å². The molecule has 1 aromatic rings. The van der Waals surface area contributed by atoms with Crippen molar-refractivity contribution in [2.45, 2.75) is 6.54 Å². The quantitative estimate of drug-likeness (QED) is 0.769. The third kappa shape index (κ3) is 2.90. The second kappa shape index (κ2) is 5.67. The van der Waals surface area contributed by atoms with E-state index in [0.717, 1.165) is 0 Å². The molecule has 5 nitrogen and oxygen atoms in total. The minimum Gasteiger partial charge on any atom is -0.381 e. The van der Waals surface area contributed by atoms with Gasteiger partial charge in [-0.15, -0.1) is 6.58 Å². The molecule has 0 radical (unpaired) electrons. The van der Waals surface area contributed by atoms with E-state index < -0.39 is 0 Å². The zero-order chi connectivity index (χ0) is 11.3. The van der Waals surface area contributed by atoms with E-state index in [2.05, 4.69) is 32.9 Å². The normalized spacial score (nSPS) is 10.0. The molecule has 0 aromatic carbocycles. The molecule has 1 rings (SSSR count). The fourth-order valence-corrected chi connectivity index (χ4v) is 1.49. The Kier molecular flexibility index (Phi) is 4.51. The van der Waals surface area contributed by atoms with Crippen LogP contribution < -0.4 is 16.6 Å². The molecule has 6 heteroatoms. The fraction of sp³-hybridized carbons (Fsp3) is 0.333. The highest BCUT2D eigenvalue weighted by Crippen LogP contribution is 2.15. The molecule has 3 N–H and O–H groups in total. The molecular formula is C9H13BrN4O. The van der Waals surface area contributed by atoms with Crippen LogP contribution in [0.25, 0.3) is 0 Å². The Bertz CT molecular complexity index is 402. The zero-order valence-corrected chi connectivity index (χ0v) is 9.83. The molecule has 0 spiro atoms. The molecular weight excluding hydrogens is 260 g/mol. The van der Waals surface area contributed by atoms with E-state index in [1.165, 1.54) is 4.68 Å². The van der Waals surface area contributed by atoms with Gasteiger partial charge in [-0.1, -0.05) is 6.08 Å². The van der Waals surface area contributed by atoms with Crippen molar-refractivity contribution in [1.82, 2.24) is 9.78 Å². The third-order valence-electron chi connectivity index (χ3n) is 1.75. The number of aromatic nitrogens is 2. The minimum absolute atomic E-state index is 0.183. The summed E-state index contributed by atoms with van der Waals surface area (Å²) in [6, 6.07) is 0. The van der Waals surface area contributed by atoms with Crippen molar-refractivity contribution in [3.63, 3.8) is 0 Å².